The molecule has 0 amide bonds. The van der Waals surface area contributed by atoms with Gasteiger partial charge in [0.2, 0.25) is 0 Å². The zero-order chi connectivity index (χ0) is 10.4. The fourth-order valence-electron chi connectivity index (χ4n) is 1.73. The number of aliphatic imine (C=N–C) groups is 1. The molecule has 0 heterocycles. The highest BCUT2D eigenvalue weighted by Crippen LogP contribution is 2.38. The second-order valence-corrected chi connectivity index (χ2v) is 3.64. The summed E-state index contributed by atoms with van der Waals surface area (Å²) in [4.78, 5) is 6.38. The molecule has 1 fully saturated rings. The molecule has 4 heteroatoms. The van der Waals surface area contributed by atoms with Gasteiger partial charge in [0.1, 0.15) is 0 Å². The van der Waals surface area contributed by atoms with E-state index in [1.54, 1.807) is 20.5 Å². The summed E-state index contributed by atoms with van der Waals surface area (Å²) in [6.45, 7) is 5.01. The van der Waals surface area contributed by atoms with Gasteiger partial charge in [-0.15, -0.1) is 0 Å². The van der Waals surface area contributed by atoms with Crippen molar-refractivity contribution in [2.75, 3.05) is 33.9 Å². The lowest BCUT2D eigenvalue weighted by Crippen LogP contribution is -2.48. The van der Waals surface area contributed by atoms with E-state index in [1.165, 1.54) is 12.8 Å². The lowest BCUT2D eigenvalue weighted by Gasteiger charge is -2.30. The van der Waals surface area contributed by atoms with Gasteiger partial charge in [0.25, 0.3) is 0 Å². The van der Waals surface area contributed by atoms with Crippen molar-refractivity contribution in [2.45, 2.75) is 25.4 Å². The maximum atomic E-state index is 5.10. The molecule has 0 aliphatic heterocycles. The molecule has 0 unspecified atom stereocenters. The molecule has 0 radical (unpaired) electrons. The summed E-state index contributed by atoms with van der Waals surface area (Å²) in [5, 5.41) is 3.36. The van der Waals surface area contributed by atoms with E-state index in [2.05, 4.69) is 22.1 Å². The average Bonchev–Trinajstić information content (AvgIpc) is 2.97. The van der Waals surface area contributed by atoms with E-state index in [-0.39, 0.29) is 5.66 Å². The van der Waals surface area contributed by atoms with E-state index in [0.29, 0.717) is 0 Å². The van der Waals surface area contributed by atoms with Crippen LogP contribution < -0.4 is 5.32 Å². The van der Waals surface area contributed by atoms with Crippen LogP contribution >= 0.6 is 0 Å². The molecule has 0 saturated heterocycles. The molecule has 0 aromatic heterocycles. The number of hydrogen-bond acceptors (Lipinski definition) is 3. The van der Waals surface area contributed by atoms with Gasteiger partial charge in [0, 0.05) is 20.7 Å². The van der Waals surface area contributed by atoms with Crippen LogP contribution in [0.15, 0.2) is 4.99 Å². The molecule has 14 heavy (non-hydrogen) atoms. The minimum Gasteiger partial charge on any atom is -0.383 e. The van der Waals surface area contributed by atoms with Crippen molar-refractivity contribution in [3.63, 3.8) is 0 Å². The summed E-state index contributed by atoms with van der Waals surface area (Å²) in [6, 6.07) is 0. The second kappa shape index (κ2) is 5.32. The first-order valence-electron chi connectivity index (χ1n) is 5.21. The Kier molecular flexibility index (Phi) is 4.35. The quantitative estimate of drug-likeness (QED) is 0.372. The molecule has 0 aromatic rings. The predicted molar refractivity (Wildman–Crippen MR) is 58.6 cm³/mol. The van der Waals surface area contributed by atoms with Gasteiger partial charge < -0.3 is 10.1 Å². The van der Waals surface area contributed by atoms with E-state index in [9.17, 15) is 0 Å². The summed E-state index contributed by atoms with van der Waals surface area (Å²) in [7, 11) is 3.53. The van der Waals surface area contributed by atoms with Crippen LogP contribution in [0, 0.1) is 0 Å². The summed E-state index contributed by atoms with van der Waals surface area (Å²) in [6.07, 6.45) is 4.20. The van der Waals surface area contributed by atoms with Gasteiger partial charge >= 0.3 is 0 Å². The average molecular weight is 199 g/mol. The topological polar surface area (TPSA) is 36.9 Å². The fraction of sp³-hybridized carbons (Fsp3) is 0.900. The Morgan fingerprint density at radius 3 is 2.71 bits per heavy atom. The van der Waals surface area contributed by atoms with Crippen LogP contribution in [0.25, 0.3) is 0 Å². The summed E-state index contributed by atoms with van der Waals surface area (Å²) in [5.41, 5.74) is 0.173. The van der Waals surface area contributed by atoms with Crippen molar-refractivity contribution in [1.82, 2.24) is 10.2 Å². The van der Waals surface area contributed by atoms with Crippen LogP contribution in [-0.2, 0) is 4.74 Å². The van der Waals surface area contributed by atoms with E-state index in [0.717, 1.165) is 19.7 Å². The smallest absolute Gasteiger partial charge is 0.0917 e. The third kappa shape index (κ3) is 2.69. The molecule has 1 aliphatic rings. The zero-order valence-corrected chi connectivity index (χ0v) is 9.42. The number of nitrogens with zero attached hydrogens (tertiary/aromatic N) is 2. The number of rotatable bonds is 7. The highest BCUT2D eigenvalue weighted by Gasteiger charge is 2.46. The Hall–Kier alpha value is -0.610. The van der Waals surface area contributed by atoms with Gasteiger partial charge in [-0.3, -0.25) is 9.89 Å². The fourth-order valence-corrected chi connectivity index (χ4v) is 1.73. The van der Waals surface area contributed by atoms with Gasteiger partial charge in [-0.2, -0.15) is 0 Å². The summed E-state index contributed by atoms with van der Waals surface area (Å²) in [5.74, 6) is 0. The molecule has 82 valence electrons. The second-order valence-electron chi connectivity index (χ2n) is 3.64. The molecular weight excluding hydrogens is 178 g/mol. The van der Waals surface area contributed by atoms with E-state index >= 15 is 0 Å². The molecule has 1 rings (SSSR count). The first-order chi connectivity index (χ1) is 6.79. The molecule has 1 saturated carbocycles. The van der Waals surface area contributed by atoms with Crippen molar-refractivity contribution in [2.24, 2.45) is 4.99 Å². The summed E-state index contributed by atoms with van der Waals surface area (Å²) < 4.78 is 5.10. The molecular formula is C10H21N3O. The van der Waals surface area contributed by atoms with Crippen molar-refractivity contribution in [3.8, 4) is 0 Å². The Balaban J connectivity index is 2.41. The van der Waals surface area contributed by atoms with Crippen molar-refractivity contribution < 1.29 is 4.74 Å². The first kappa shape index (κ1) is 11.5. The van der Waals surface area contributed by atoms with Gasteiger partial charge in [0.15, 0.2) is 0 Å². The summed E-state index contributed by atoms with van der Waals surface area (Å²) >= 11 is 0. The van der Waals surface area contributed by atoms with E-state index in [1.807, 2.05) is 0 Å². The molecule has 1 N–H and O–H groups in total. The molecule has 0 bridgehead atoms. The predicted octanol–water partition coefficient (Wildman–Crippen LogP) is 0.692. The minimum absolute atomic E-state index is 0.173. The Morgan fingerprint density at radius 2 is 2.29 bits per heavy atom. The minimum atomic E-state index is 0.173. The van der Waals surface area contributed by atoms with Crippen molar-refractivity contribution >= 4 is 6.34 Å². The first-order valence-corrected chi connectivity index (χ1v) is 5.21. The van der Waals surface area contributed by atoms with Crippen molar-refractivity contribution in [1.29, 1.82) is 0 Å². The lowest BCUT2D eigenvalue weighted by molar-refractivity contribution is 0.108. The third-order valence-corrected chi connectivity index (χ3v) is 2.74. The molecule has 4 nitrogen and oxygen atoms in total. The number of likely N-dealkylation sites (N-methyl/N-ethyl adjacent to an activating group) is 1. The van der Waals surface area contributed by atoms with Gasteiger partial charge in [-0.05, 0) is 19.4 Å². The highest BCUT2D eigenvalue weighted by atomic mass is 16.5. The number of nitrogens with one attached hydrogen (secondary N) is 1. The SMILES string of the molecule is CCN(CCOC)C1(NC=NC)CC1. The van der Waals surface area contributed by atoms with Crippen LogP contribution in [0.4, 0.5) is 0 Å². The third-order valence-electron chi connectivity index (χ3n) is 2.74. The van der Waals surface area contributed by atoms with Crippen molar-refractivity contribution in [3.05, 3.63) is 0 Å². The van der Waals surface area contributed by atoms with Crippen LogP contribution in [0.2, 0.25) is 0 Å². The number of ether oxygens (including phenoxy) is 1. The maximum Gasteiger partial charge on any atom is 0.0917 e. The molecule has 0 aromatic carbocycles. The van der Waals surface area contributed by atoms with Crippen LogP contribution in [0.3, 0.4) is 0 Å². The Morgan fingerprint density at radius 1 is 1.57 bits per heavy atom. The Labute approximate surface area is 86.3 Å². The Bertz CT molecular complexity index is 190. The van der Waals surface area contributed by atoms with Crippen LogP contribution in [0.5, 0.6) is 0 Å². The lowest BCUT2D eigenvalue weighted by atomic mass is 10.3. The monoisotopic (exact) mass is 199 g/mol. The normalized spacial score (nSPS) is 19.1. The van der Waals surface area contributed by atoms with Gasteiger partial charge in [0.05, 0.1) is 18.6 Å². The number of hydrogen-bond donors (Lipinski definition) is 1. The molecule has 0 spiro atoms. The van der Waals surface area contributed by atoms with Crippen LogP contribution in [0.1, 0.15) is 19.8 Å². The highest BCUT2D eigenvalue weighted by molar-refractivity contribution is 5.56. The van der Waals surface area contributed by atoms with Gasteiger partial charge in [-0.1, -0.05) is 6.92 Å². The molecule has 0 atom stereocenters. The van der Waals surface area contributed by atoms with E-state index < -0.39 is 0 Å². The largest absolute Gasteiger partial charge is 0.383 e. The number of methoxy groups -OCH3 is 1. The van der Waals surface area contributed by atoms with E-state index in [4.69, 9.17) is 4.74 Å². The maximum absolute atomic E-state index is 5.10. The van der Waals surface area contributed by atoms with Gasteiger partial charge in [-0.25, -0.2) is 0 Å². The molecule has 1 aliphatic carbocycles. The standard InChI is InChI=1S/C10H21N3O/c1-4-13(7-8-14-3)10(5-6-10)12-9-11-2/h9H,4-8H2,1-3H3,(H,11,12). The zero-order valence-electron chi connectivity index (χ0n) is 9.42. The van der Waals surface area contributed by atoms with Crippen LogP contribution in [-0.4, -0.2) is 50.8 Å².